The van der Waals surface area contributed by atoms with Gasteiger partial charge in [-0.2, -0.15) is 13.2 Å². The van der Waals surface area contributed by atoms with E-state index in [1.54, 1.807) is 0 Å². The van der Waals surface area contributed by atoms with Gasteiger partial charge in [0.25, 0.3) is 5.91 Å². The number of nitrogens with one attached hydrogen (secondary N) is 1. The molecule has 1 heterocycles. The predicted molar refractivity (Wildman–Crippen MR) is 64.6 cm³/mol. The van der Waals surface area contributed by atoms with Crippen LogP contribution in [0.4, 0.5) is 13.2 Å². The van der Waals surface area contributed by atoms with Crippen LogP contribution in [0.3, 0.4) is 0 Å². The van der Waals surface area contributed by atoms with Crippen LogP contribution in [0.5, 0.6) is 0 Å². The van der Waals surface area contributed by atoms with E-state index in [1.807, 2.05) is 0 Å². The maximum absolute atomic E-state index is 12.4. The molecule has 2 aromatic rings. The van der Waals surface area contributed by atoms with E-state index in [2.05, 4.69) is 15.3 Å². The Labute approximate surface area is 112 Å². The lowest BCUT2D eigenvalue weighted by atomic mass is 10.1. The zero-order valence-electron chi connectivity index (χ0n) is 10.2. The van der Waals surface area contributed by atoms with Crippen molar-refractivity contribution < 1.29 is 18.0 Å². The van der Waals surface area contributed by atoms with Crippen LogP contribution >= 0.6 is 0 Å². The third-order valence-corrected chi connectivity index (χ3v) is 2.55. The highest BCUT2D eigenvalue weighted by atomic mass is 19.4. The van der Waals surface area contributed by atoms with Gasteiger partial charge in [-0.15, -0.1) is 0 Å². The van der Waals surface area contributed by atoms with Gasteiger partial charge in [-0.1, -0.05) is 12.1 Å². The van der Waals surface area contributed by atoms with E-state index < -0.39 is 17.6 Å². The first-order chi connectivity index (χ1) is 9.47. The maximum atomic E-state index is 12.4. The molecule has 0 spiro atoms. The Hall–Kier alpha value is -2.44. The highest BCUT2D eigenvalue weighted by Gasteiger charge is 2.29. The average molecular weight is 281 g/mol. The van der Waals surface area contributed by atoms with Crippen LogP contribution in [0.1, 0.15) is 21.6 Å². The molecular formula is C13H10F3N3O. The molecule has 0 atom stereocenters. The molecule has 0 aliphatic carbocycles. The summed E-state index contributed by atoms with van der Waals surface area (Å²) in [6, 6.07) is 6.05. The molecule has 0 fully saturated rings. The smallest absolute Gasteiger partial charge is 0.347 e. The molecule has 4 nitrogen and oxygen atoms in total. The van der Waals surface area contributed by atoms with Crippen molar-refractivity contribution in [3.63, 3.8) is 0 Å². The number of nitrogens with zero attached hydrogens (tertiary/aromatic N) is 2. The van der Waals surface area contributed by atoms with E-state index >= 15 is 0 Å². The first-order valence-electron chi connectivity index (χ1n) is 5.67. The van der Waals surface area contributed by atoms with Crippen LogP contribution in [0.15, 0.2) is 42.9 Å². The third kappa shape index (κ3) is 3.53. The minimum absolute atomic E-state index is 0.126. The van der Waals surface area contributed by atoms with E-state index in [-0.39, 0.29) is 12.2 Å². The average Bonchev–Trinajstić information content (AvgIpc) is 2.45. The summed E-state index contributed by atoms with van der Waals surface area (Å²) in [5, 5.41) is 2.56. The zero-order valence-corrected chi connectivity index (χ0v) is 10.2. The highest BCUT2D eigenvalue weighted by molar-refractivity contribution is 5.91. The van der Waals surface area contributed by atoms with E-state index in [9.17, 15) is 18.0 Å². The summed E-state index contributed by atoms with van der Waals surface area (Å²) >= 11 is 0. The van der Waals surface area contributed by atoms with Gasteiger partial charge < -0.3 is 5.32 Å². The molecule has 1 N–H and O–H groups in total. The van der Waals surface area contributed by atoms with E-state index in [4.69, 9.17) is 0 Å². The Morgan fingerprint density at radius 3 is 2.40 bits per heavy atom. The Morgan fingerprint density at radius 1 is 1.15 bits per heavy atom. The molecule has 0 unspecified atom stereocenters. The largest absolute Gasteiger partial charge is 0.416 e. The second-order valence-electron chi connectivity index (χ2n) is 3.97. The number of carbonyl (C=O) groups excluding carboxylic acids is 1. The fraction of sp³-hybridized carbons (Fsp3) is 0.154. The van der Waals surface area contributed by atoms with Crippen molar-refractivity contribution in [1.29, 1.82) is 0 Å². The monoisotopic (exact) mass is 281 g/mol. The molecule has 0 aliphatic heterocycles. The molecule has 1 amide bonds. The molecule has 0 saturated heterocycles. The van der Waals surface area contributed by atoms with E-state index in [0.29, 0.717) is 5.56 Å². The summed E-state index contributed by atoms with van der Waals surface area (Å²) < 4.78 is 37.1. The SMILES string of the molecule is O=C(NCc1ccc(C(F)(F)F)cc1)c1ccncn1. The summed E-state index contributed by atoms with van der Waals surface area (Å²) in [5.74, 6) is -0.410. The number of hydrogen-bond donors (Lipinski definition) is 1. The summed E-state index contributed by atoms with van der Waals surface area (Å²) in [4.78, 5) is 19.1. The number of benzene rings is 1. The number of aromatic nitrogens is 2. The van der Waals surface area contributed by atoms with Crippen LogP contribution in [0.2, 0.25) is 0 Å². The number of amides is 1. The van der Waals surface area contributed by atoms with Gasteiger partial charge in [0.2, 0.25) is 0 Å². The van der Waals surface area contributed by atoms with Crippen molar-refractivity contribution in [3.8, 4) is 0 Å². The van der Waals surface area contributed by atoms with Crippen LogP contribution in [-0.4, -0.2) is 15.9 Å². The Bertz CT molecular complexity index is 582. The summed E-state index contributed by atoms with van der Waals surface area (Å²) in [5.41, 5.74) is 0.0516. The Balaban J connectivity index is 1.96. The van der Waals surface area contributed by atoms with Crippen LogP contribution < -0.4 is 5.32 Å². The normalized spacial score (nSPS) is 11.2. The zero-order chi connectivity index (χ0) is 14.6. The lowest BCUT2D eigenvalue weighted by Gasteiger charge is -2.08. The number of halogens is 3. The summed E-state index contributed by atoms with van der Waals surface area (Å²) in [7, 11) is 0. The Kier molecular flexibility index (Phi) is 3.97. The van der Waals surface area contributed by atoms with Gasteiger partial charge in [-0.25, -0.2) is 9.97 Å². The molecule has 1 aromatic carbocycles. The second kappa shape index (κ2) is 5.68. The minimum atomic E-state index is -4.36. The van der Waals surface area contributed by atoms with Gasteiger partial charge in [-0.05, 0) is 23.8 Å². The van der Waals surface area contributed by atoms with Gasteiger partial charge >= 0.3 is 6.18 Å². The van der Waals surface area contributed by atoms with Crippen molar-refractivity contribution in [3.05, 3.63) is 59.7 Å². The van der Waals surface area contributed by atoms with E-state index in [0.717, 1.165) is 12.1 Å². The van der Waals surface area contributed by atoms with Crippen molar-refractivity contribution in [2.75, 3.05) is 0 Å². The standard InChI is InChI=1S/C13H10F3N3O/c14-13(15,16)10-3-1-9(2-4-10)7-18-12(20)11-5-6-17-8-19-11/h1-6,8H,7H2,(H,18,20). The molecule has 1 aromatic heterocycles. The first-order valence-corrected chi connectivity index (χ1v) is 5.67. The number of carbonyl (C=O) groups is 1. The fourth-order valence-corrected chi connectivity index (χ4v) is 1.51. The molecule has 7 heteroatoms. The molecule has 104 valence electrons. The lowest BCUT2D eigenvalue weighted by molar-refractivity contribution is -0.137. The predicted octanol–water partition coefficient (Wildman–Crippen LogP) is 2.43. The van der Waals surface area contributed by atoms with Crippen LogP contribution in [-0.2, 0) is 12.7 Å². The number of alkyl halides is 3. The lowest BCUT2D eigenvalue weighted by Crippen LogP contribution is -2.23. The quantitative estimate of drug-likeness (QED) is 0.940. The van der Waals surface area contributed by atoms with Gasteiger partial charge in [0.15, 0.2) is 0 Å². The van der Waals surface area contributed by atoms with Crippen LogP contribution in [0, 0.1) is 0 Å². The molecule has 2 rings (SSSR count). The maximum Gasteiger partial charge on any atom is 0.416 e. The molecular weight excluding hydrogens is 271 g/mol. The van der Waals surface area contributed by atoms with Gasteiger partial charge in [0.1, 0.15) is 12.0 Å². The summed E-state index contributed by atoms with van der Waals surface area (Å²) in [6.07, 6.45) is -1.68. The molecule has 0 bridgehead atoms. The molecule has 0 radical (unpaired) electrons. The molecule has 0 saturated carbocycles. The van der Waals surface area contributed by atoms with Gasteiger partial charge in [0.05, 0.1) is 5.56 Å². The number of hydrogen-bond acceptors (Lipinski definition) is 3. The van der Waals surface area contributed by atoms with Crippen LogP contribution in [0.25, 0.3) is 0 Å². The van der Waals surface area contributed by atoms with Crippen molar-refractivity contribution in [2.24, 2.45) is 0 Å². The highest BCUT2D eigenvalue weighted by Crippen LogP contribution is 2.28. The first kappa shape index (κ1) is 14.0. The van der Waals surface area contributed by atoms with Crippen molar-refractivity contribution in [1.82, 2.24) is 15.3 Å². The minimum Gasteiger partial charge on any atom is -0.347 e. The second-order valence-corrected chi connectivity index (χ2v) is 3.97. The third-order valence-electron chi connectivity index (χ3n) is 2.55. The van der Waals surface area contributed by atoms with Gasteiger partial charge in [-0.3, -0.25) is 4.79 Å². The van der Waals surface area contributed by atoms with Crippen molar-refractivity contribution in [2.45, 2.75) is 12.7 Å². The topological polar surface area (TPSA) is 54.9 Å². The number of rotatable bonds is 3. The Morgan fingerprint density at radius 2 is 1.85 bits per heavy atom. The van der Waals surface area contributed by atoms with Crippen molar-refractivity contribution >= 4 is 5.91 Å². The summed E-state index contributed by atoms with van der Waals surface area (Å²) in [6.45, 7) is 0.126. The molecule has 20 heavy (non-hydrogen) atoms. The fourth-order valence-electron chi connectivity index (χ4n) is 1.51. The van der Waals surface area contributed by atoms with E-state index in [1.165, 1.54) is 30.7 Å². The molecule has 0 aliphatic rings. The van der Waals surface area contributed by atoms with Gasteiger partial charge in [0, 0.05) is 12.7 Å².